The Bertz CT molecular complexity index is 476. The normalized spacial score (nSPS) is 13.7. The van der Waals surface area contributed by atoms with E-state index in [2.05, 4.69) is 0 Å². The Kier molecular flexibility index (Phi) is 5.29. The van der Waals surface area contributed by atoms with E-state index in [1.54, 1.807) is 6.92 Å². The van der Waals surface area contributed by atoms with E-state index in [1.165, 1.54) is 13.0 Å². The van der Waals surface area contributed by atoms with Crippen molar-refractivity contribution in [2.24, 2.45) is 5.73 Å². The Balaban J connectivity index is 2.77. The lowest BCUT2D eigenvalue weighted by molar-refractivity contribution is -0.119. The van der Waals surface area contributed by atoms with Crippen LogP contribution in [-0.2, 0) is 4.79 Å². The largest absolute Gasteiger partial charge is 0.351 e. The highest BCUT2D eigenvalue weighted by Gasteiger charge is 2.22. The van der Waals surface area contributed by atoms with Crippen LogP contribution < -0.4 is 11.1 Å². The Morgan fingerprint density at radius 1 is 1.26 bits per heavy atom. The fourth-order valence-corrected chi connectivity index (χ4v) is 2.71. The van der Waals surface area contributed by atoms with Gasteiger partial charge in [-0.05, 0) is 26.0 Å². The number of nitrogens with two attached hydrogens (primary N) is 1. The van der Waals surface area contributed by atoms with Gasteiger partial charge in [-0.2, -0.15) is 0 Å². The van der Waals surface area contributed by atoms with Crippen LogP contribution in [0, 0.1) is 11.6 Å². The number of amides is 3. The van der Waals surface area contributed by atoms with Crippen molar-refractivity contribution in [3.8, 4) is 0 Å². The van der Waals surface area contributed by atoms with Crippen LogP contribution in [0.15, 0.2) is 18.2 Å². The van der Waals surface area contributed by atoms with E-state index in [9.17, 15) is 18.4 Å². The van der Waals surface area contributed by atoms with E-state index in [-0.39, 0.29) is 5.56 Å². The molecule has 1 aromatic carbocycles. The molecular formula is C12H14F2N2O2S. The summed E-state index contributed by atoms with van der Waals surface area (Å²) in [5.74, 6) is -1.92. The Morgan fingerprint density at radius 2 is 1.79 bits per heavy atom. The molecule has 0 bridgehead atoms. The molecule has 0 unspecified atom stereocenters. The quantitative estimate of drug-likeness (QED) is 0.893. The highest BCUT2D eigenvalue weighted by Crippen LogP contribution is 2.34. The van der Waals surface area contributed by atoms with E-state index in [4.69, 9.17) is 5.73 Å². The summed E-state index contributed by atoms with van der Waals surface area (Å²) in [7, 11) is 0. The number of urea groups is 1. The Morgan fingerprint density at radius 3 is 2.26 bits per heavy atom. The minimum Gasteiger partial charge on any atom is -0.351 e. The molecule has 2 atom stereocenters. The number of hydrogen-bond acceptors (Lipinski definition) is 3. The monoisotopic (exact) mass is 288 g/mol. The van der Waals surface area contributed by atoms with Crippen molar-refractivity contribution < 1.29 is 18.4 Å². The summed E-state index contributed by atoms with van der Waals surface area (Å²) in [5, 5.41) is 0.681. The fourth-order valence-electron chi connectivity index (χ4n) is 1.56. The second-order valence-electron chi connectivity index (χ2n) is 3.91. The van der Waals surface area contributed by atoms with Gasteiger partial charge in [0.05, 0.1) is 5.25 Å². The van der Waals surface area contributed by atoms with Crippen LogP contribution in [0.1, 0.15) is 24.7 Å². The Hall–Kier alpha value is -1.63. The van der Waals surface area contributed by atoms with Gasteiger partial charge in [-0.25, -0.2) is 13.6 Å². The molecule has 0 heterocycles. The highest BCUT2D eigenvalue weighted by molar-refractivity contribution is 8.00. The van der Waals surface area contributed by atoms with E-state index < -0.39 is 34.1 Å². The SMILES string of the molecule is C[C@H](S[C@@H](C)c1c(F)cccc1F)C(=O)NC(N)=O. The van der Waals surface area contributed by atoms with Gasteiger partial charge in [-0.15, -0.1) is 11.8 Å². The second-order valence-corrected chi connectivity index (χ2v) is 5.60. The molecule has 104 valence electrons. The van der Waals surface area contributed by atoms with Crippen LogP contribution >= 0.6 is 11.8 Å². The lowest BCUT2D eigenvalue weighted by atomic mass is 10.1. The van der Waals surface area contributed by atoms with Crippen LogP contribution in [0.5, 0.6) is 0 Å². The van der Waals surface area contributed by atoms with Crippen molar-refractivity contribution in [2.45, 2.75) is 24.3 Å². The average Bonchev–Trinajstić information content (AvgIpc) is 2.27. The van der Waals surface area contributed by atoms with Gasteiger partial charge in [-0.1, -0.05) is 6.07 Å². The van der Waals surface area contributed by atoms with Crippen molar-refractivity contribution in [3.05, 3.63) is 35.4 Å². The molecule has 1 rings (SSSR count). The minimum absolute atomic E-state index is 0.0915. The van der Waals surface area contributed by atoms with E-state index in [0.717, 1.165) is 23.9 Å². The summed E-state index contributed by atoms with van der Waals surface area (Å²) in [6.07, 6.45) is 0. The molecule has 3 amide bonds. The number of hydrogen-bond donors (Lipinski definition) is 2. The van der Waals surface area contributed by atoms with Gasteiger partial charge in [0, 0.05) is 10.8 Å². The number of halogens is 2. The molecule has 0 aliphatic carbocycles. The molecule has 0 spiro atoms. The van der Waals surface area contributed by atoms with E-state index in [1.807, 2.05) is 5.32 Å². The first-order valence-electron chi connectivity index (χ1n) is 5.52. The Labute approximate surface area is 113 Å². The molecule has 0 radical (unpaired) electrons. The van der Waals surface area contributed by atoms with Gasteiger partial charge in [-0.3, -0.25) is 10.1 Å². The fraction of sp³-hybridized carbons (Fsp3) is 0.333. The molecule has 7 heteroatoms. The zero-order chi connectivity index (χ0) is 14.6. The molecule has 19 heavy (non-hydrogen) atoms. The number of primary amides is 1. The van der Waals surface area contributed by atoms with Crippen LogP contribution in [0.4, 0.5) is 13.6 Å². The topological polar surface area (TPSA) is 72.2 Å². The van der Waals surface area contributed by atoms with Crippen LogP contribution in [0.25, 0.3) is 0 Å². The highest BCUT2D eigenvalue weighted by atomic mass is 32.2. The number of nitrogens with one attached hydrogen (secondary N) is 1. The molecule has 0 fully saturated rings. The average molecular weight is 288 g/mol. The van der Waals surface area contributed by atoms with Gasteiger partial charge in [0.2, 0.25) is 5.91 Å². The first kappa shape index (κ1) is 15.4. The summed E-state index contributed by atoms with van der Waals surface area (Å²) in [4.78, 5) is 22.0. The van der Waals surface area contributed by atoms with E-state index >= 15 is 0 Å². The smallest absolute Gasteiger partial charge is 0.318 e. The third kappa shape index (κ3) is 4.20. The van der Waals surface area contributed by atoms with Gasteiger partial charge in [0.15, 0.2) is 0 Å². The maximum atomic E-state index is 13.5. The standard InChI is InChI=1S/C12H14F2N2O2S/c1-6(10-8(13)4-3-5-9(10)14)19-7(2)11(17)16-12(15)18/h3-7H,1-2H3,(H3,15,16,17,18)/t6-,7-/m0/s1. The number of carbonyl (C=O) groups is 2. The van der Waals surface area contributed by atoms with Crippen molar-refractivity contribution in [3.63, 3.8) is 0 Å². The number of rotatable bonds is 4. The van der Waals surface area contributed by atoms with Gasteiger partial charge in [0.1, 0.15) is 11.6 Å². The molecule has 0 aliphatic rings. The van der Waals surface area contributed by atoms with Crippen LogP contribution in [0.2, 0.25) is 0 Å². The summed E-state index contributed by atoms with van der Waals surface area (Å²) in [6.45, 7) is 3.11. The molecular weight excluding hydrogens is 274 g/mol. The maximum absolute atomic E-state index is 13.5. The molecule has 0 aliphatic heterocycles. The van der Waals surface area contributed by atoms with Crippen LogP contribution in [-0.4, -0.2) is 17.2 Å². The molecule has 3 N–H and O–H groups in total. The number of benzene rings is 1. The van der Waals surface area contributed by atoms with Gasteiger partial charge in [0.25, 0.3) is 0 Å². The first-order valence-corrected chi connectivity index (χ1v) is 6.47. The molecule has 0 aromatic heterocycles. The summed E-state index contributed by atoms with van der Waals surface area (Å²) < 4.78 is 27.1. The first-order chi connectivity index (χ1) is 8.82. The van der Waals surface area contributed by atoms with Gasteiger partial charge >= 0.3 is 6.03 Å². The van der Waals surface area contributed by atoms with Crippen molar-refractivity contribution >= 4 is 23.7 Å². The number of imide groups is 1. The third-order valence-corrected chi connectivity index (χ3v) is 3.70. The molecule has 0 saturated heterocycles. The number of thioether (sulfide) groups is 1. The zero-order valence-corrected chi connectivity index (χ0v) is 11.3. The minimum atomic E-state index is -0.956. The third-order valence-electron chi connectivity index (χ3n) is 2.43. The molecule has 1 aromatic rings. The molecule has 4 nitrogen and oxygen atoms in total. The lowest BCUT2D eigenvalue weighted by Gasteiger charge is -2.17. The predicted octanol–water partition coefficient (Wildman–Crippen LogP) is 2.34. The lowest BCUT2D eigenvalue weighted by Crippen LogP contribution is -2.39. The summed E-state index contributed by atoms with van der Waals surface area (Å²) >= 11 is 1.03. The maximum Gasteiger partial charge on any atom is 0.318 e. The van der Waals surface area contributed by atoms with Crippen LogP contribution in [0.3, 0.4) is 0 Å². The second kappa shape index (κ2) is 6.51. The summed E-state index contributed by atoms with van der Waals surface area (Å²) in [6, 6.07) is 2.63. The summed E-state index contributed by atoms with van der Waals surface area (Å²) in [5.41, 5.74) is 4.73. The van der Waals surface area contributed by atoms with Crippen molar-refractivity contribution in [1.82, 2.24) is 5.32 Å². The number of carbonyl (C=O) groups excluding carboxylic acids is 2. The van der Waals surface area contributed by atoms with Gasteiger partial charge < -0.3 is 5.73 Å². The van der Waals surface area contributed by atoms with Crippen molar-refractivity contribution in [1.29, 1.82) is 0 Å². The molecule has 0 saturated carbocycles. The van der Waals surface area contributed by atoms with E-state index in [0.29, 0.717) is 0 Å². The zero-order valence-electron chi connectivity index (χ0n) is 10.4. The predicted molar refractivity (Wildman–Crippen MR) is 69.6 cm³/mol. The van der Waals surface area contributed by atoms with Crippen molar-refractivity contribution in [2.75, 3.05) is 0 Å².